The molecule has 0 saturated carbocycles. The number of carbonyl (C=O) groups excluding carboxylic acids is 2. The number of urea groups is 1. The molecule has 2 N–H and O–H groups in total. The monoisotopic (exact) mass is 429 g/mol. The van der Waals surface area contributed by atoms with Crippen molar-refractivity contribution in [2.75, 3.05) is 26.4 Å². The van der Waals surface area contributed by atoms with Crippen molar-refractivity contribution >= 4 is 23.9 Å². The van der Waals surface area contributed by atoms with E-state index in [-0.39, 0.29) is 18.0 Å². The second kappa shape index (κ2) is 14.3. The summed E-state index contributed by atoms with van der Waals surface area (Å²) in [6, 6.07) is -0.577. The van der Waals surface area contributed by atoms with E-state index < -0.39 is 5.60 Å². The molecule has 1 saturated heterocycles. The van der Waals surface area contributed by atoms with Crippen molar-refractivity contribution in [3.8, 4) is 0 Å². The van der Waals surface area contributed by atoms with Gasteiger partial charge in [-0.15, -0.1) is 0 Å². The Labute approximate surface area is 182 Å². The zero-order valence-electron chi connectivity index (χ0n) is 19.0. The van der Waals surface area contributed by atoms with Crippen LogP contribution in [0.15, 0.2) is 0 Å². The third kappa shape index (κ3) is 9.71. The number of hydrogen-bond donors (Lipinski definition) is 2. The zero-order chi connectivity index (χ0) is 21.7. The van der Waals surface area contributed by atoms with Gasteiger partial charge in [0.05, 0.1) is 5.60 Å². The highest BCUT2D eigenvalue weighted by Crippen LogP contribution is 2.25. The van der Waals surface area contributed by atoms with Crippen LogP contribution < -0.4 is 4.72 Å². The van der Waals surface area contributed by atoms with Crippen molar-refractivity contribution in [1.82, 2.24) is 14.5 Å². The van der Waals surface area contributed by atoms with Crippen LogP contribution in [-0.4, -0.2) is 64.9 Å². The van der Waals surface area contributed by atoms with Gasteiger partial charge in [0.2, 0.25) is 0 Å². The number of imide groups is 1. The zero-order valence-corrected chi connectivity index (χ0v) is 19.9. The molecule has 0 aliphatic carbocycles. The highest BCUT2D eigenvalue weighted by atomic mass is 32.2. The Hall–Kier alpha value is -0.790. The lowest BCUT2D eigenvalue weighted by Crippen LogP contribution is -2.39. The number of hydrogen-bond acceptors (Lipinski definition) is 5. The van der Waals surface area contributed by atoms with E-state index in [4.69, 9.17) is 0 Å². The number of aliphatic hydroxyl groups is 1. The molecule has 29 heavy (non-hydrogen) atoms. The Balaban J connectivity index is 2.41. The van der Waals surface area contributed by atoms with E-state index in [1.807, 2.05) is 13.2 Å². The van der Waals surface area contributed by atoms with Crippen molar-refractivity contribution in [1.29, 1.82) is 0 Å². The Morgan fingerprint density at radius 2 is 1.69 bits per heavy atom. The molecule has 0 bridgehead atoms. The van der Waals surface area contributed by atoms with E-state index in [9.17, 15) is 14.7 Å². The minimum Gasteiger partial charge on any atom is -0.390 e. The van der Waals surface area contributed by atoms with Gasteiger partial charge >= 0.3 is 6.03 Å². The minimum atomic E-state index is -0.784. The number of rotatable bonds is 17. The van der Waals surface area contributed by atoms with Crippen LogP contribution in [0.1, 0.15) is 90.9 Å². The summed E-state index contributed by atoms with van der Waals surface area (Å²) in [6.07, 6.45) is 14.1. The van der Waals surface area contributed by atoms with Crippen LogP contribution in [0.5, 0.6) is 0 Å². The molecule has 1 rings (SSSR count). The number of likely N-dealkylation sites (N-methyl/N-ethyl adjacent to an activating group) is 1. The molecule has 0 aromatic rings. The van der Waals surface area contributed by atoms with Gasteiger partial charge in [0.25, 0.3) is 5.91 Å². The Morgan fingerprint density at radius 3 is 2.38 bits per heavy atom. The highest BCUT2D eigenvalue weighted by molar-refractivity contribution is 7.96. The molecular formula is C22H43N3O3S. The lowest BCUT2D eigenvalue weighted by molar-refractivity contribution is -0.127. The predicted molar refractivity (Wildman–Crippen MR) is 122 cm³/mol. The molecule has 0 aromatic heterocycles. The summed E-state index contributed by atoms with van der Waals surface area (Å²) in [5.74, 6) is -0.0956. The van der Waals surface area contributed by atoms with Crippen LogP contribution >= 0.6 is 11.9 Å². The second-order valence-electron chi connectivity index (χ2n) is 8.60. The van der Waals surface area contributed by atoms with E-state index in [1.165, 1.54) is 30.6 Å². The summed E-state index contributed by atoms with van der Waals surface area (Å²) < 4.78 is 3.25. The van der Waals surface area contributed by atoms with Gasteiger partial charge in [-0.1, -0.05) is 70.2 Å². The number of nitrogens with zero attached hydrogens (tertiary/aromatic N) is 2. The average molecular weight is 430 g/mol. The van der Waals surface area contributed by atoms with E-state index in [0.717, 1.165) is 51.5 Å². The highest BCUT2D eigenvalue weighted by Gasteiger charge is 2.42. The molecule has 170 valence electrons. The van der Waals surface area contributed by atoms with Crippen molar-refractivity contribution in [2.24, 2.45) is 0 Å². The molecule has 2 atom stereocenters. The average Bonchev–Trinajstić information content (AvgIpc) is 2.89. The molecule has 1 aliphatic rings. The maximum absolute atomic E-state index is 12.5. The summed E-state index contributed by atoms with van der Waals surface area (Å²) in [5.41, 5.74) is -0.784. The number of amides is 3. The Kier molecular flexibility index (Phi) is 12.9. The van der Waals surface area contributed by atoms with E-state index >= 15 is 0 Å². The van der Waals surface area contributed by atoms with Gasteiger partial charge in [0.15, 0.2) is 0 Å². The predicted octanol–water partition coefficient (Wildman–Crippen LogP) is 4.57. The molecule has 2 unspecified atom stereocenters. The van der Waals surface area contributed by atoms with Crippen LogP contribution in [0.3, 0.4) is 0 Å². The van der Waals surface area contributed by atoms with Crippen LogP contribution in [-0.2, 0) is 4.79 Å². The first-order valence-electron chi connectivity index (χ1n) is 11.4. The first kappa shape index (κ1) is 26.2. The van der Waals surface area contributed by atoms with Gasteiger partial charge in [-0.05, 0) is 38.9 Å². The molecule has 3 amide bonds. The fourth-order valence-corrected chi connectivity index (χ4v) is 4.24. The van der Waals surface area contributed by atoms with Gasteiger partial charge in [-0.3, -0.25) is 14.4 Å². The molecule has 1 aliphatic heterocycles. The molecule has 6 nitrogen and oxygen atoms in total. The topological polar surface area (TPSA) is 72.9 Å². The van der Waals surface area contributed by atoms with Gasteiger partial charge in [-0.2, -0.15) is 0 Å². The third-order valence-electron chi connectivity index (χ3n) is 5.89. The van der Waals surface area contributed by atoms with Gasteiger partial charge in [-0.25, -0.2) is 4.79 Å². The molecule has 1 heterocycles. The fraction of sp³-hybridized carbons (Fsp3) is 0.909. The van der Waals surface area contributed by atoms with Gasteiger partial charge in [0.1, 0.15) is 6.04 Å². The summed E-state index contributed by atoms with van der Waals surface area (Å²) in [4.78, 5) is 28.0. The van der Waals surface area contributed by atoms with E-state index in [1.54, 1.807) is 23.9 Å². The summed E-state index contributed by atoms with van der Waals surface area (Å²) in [5, 5.41) is 10.7. The summed E-state index contributed by atoms with van der Waals surface area (Å²) >= 11 is 1.65. The molecular weight excluding hydrogens is 386 g/mol. The number of carbonyl (C=O) groups is 2. The minimum absolute atomic E-state index is 0.0956. The molecule has 1 fully saturated rings. The van der Waals surface area contributed by atoms with E-state index in [0.29, 0.717) is 13.0 Å². The first-order chi connectivity index (χ1) is 13.8. The summed E-state index contributed by atoms with van der Waals surface area (Å²) in [7, 11) is 1.57. The normalized spacial score (nSPS) is 19.3. The fourth-order valence-electron chi connectivity index (χ4n) is 3.89. The number of unbranched alkanes of at least 4 members (excludes halogenated alkanes) is 7. The quantitative estimate of drug-likeness (QED) is 0.201. The maximum atomic E-state index is 12.5. The van der Waals surface area contributed by atoms with Crippen LogP contribution in [0.2, 0.25) is 0 Å². The standard InChI is InChI=1S/C22H43N3O3S/c1-5-6-7-12-15-22(2,28)16-18-25-19(20(26)24(3)21(25)27)14-11-9-8-10-13-17-23-29-4/h19,23,28H,5-18H2,1-4H3. The molecule has 0 aromatic carbocycles. The smallest absolute Gasteiger partial charge is 0.327 e. The van der Waals surface area contributed by atoms with Crippen molar-refractivity contribution in [3.05, 3.63) is 0 Å². The molecule has 0 radical (unpaired) electrons. The first-order valence-corrected chi connectivity index (χ1v) is 12.6. The molecule has 7 heteroatoms. The van der Waals surface area contributed by atoms with Crippen molar-refractivity contribution in [3.63, 3.8) is 0 Å². The lowest BCUT2D eigenvalue weighted by atomic mass is 9.94. The van der Waals surface area contributed by atoms with Crippen LogP contribution in [0.4, 0.5) is 4.79 Å². The van der Waals surface area contributed by atoms with Crippen LogP contribution in [0.25, 0.3) is 0 Å². The SMILES string of the molecule is CCCCCCC(C)(O)CCN1C(=O)N(C)C(=O)C1CCCCCCCNSC. The Morgan fingerprint density at radius 1 is 1.03 bits per heavy atom. The number of nitrogens with one attached hydrogen (secondary N) is 1. The summed E-state index contributed by atoms with van der Waals surface area (Å²) in [6.45, 7) is 5.51. The van der Waals surface area contributed by atoms with Gasteiger partial charge in [0, 0.05) is 20.1 Å². The van der Waals surface area contributed by atoms with Gasteiger partial charge < -0.3 is 10.0 Å². The van der Waals surface area contributed by atoms with Crippen molar-refractivity contribution < 1.29 is 14.7 Å². The van der Waals surface area contributed by atoms with Crippen LogP contribution in [0, 0.1) is 0 Å². The second-order valence-corrected chi connectivity index (χ2v) is 9.30. The van der Waals surface area contributed by atoms with E-state index in [2.05, 4.69) is 11.6 Å². The Bertz CT molecular complexity index is 488. The molecule has 0 spiro atoms. The van der Waals surface area contributed by atoms with Crippen molar-refractivity contribution in [2.45, 2.75) is 103 Å². The lowest BCUT2D eigenvalue weighted by Gasteiger charge is -2.28. The third-order valence-corrected chi connectivity index (χ3v) is 6.38. The largest absolute Gasteiger partial charge is 0.390 e. The maximum Gasteiger partial charge on any atom is 0.327 e.